The Morgan fingerprint density at radius 2 is 1.89 bits per heavy atom. The lowest BCUT2D eigenvalue weighted by atomic mass is 10.1. The lowest BCUT2D eigenvalue weighted by Crippen LogP contribution is -1.97. The molecule has 0 spiro atoms. The van der Waals surface area contributed by atoms with Gasteiger partial charge in [0.25, 0.3) is 0 Å². The molecular formula is C23H25N3O. The highest BCUT2D eigenvalue weighted by molar-refractivity contribution is 5.90. The lowest BCUT2D eigenvalue weighted by Gasteiger charge is -2.06. The van der Waals surface area contributed by atoms with E-state index >= 15 is 0 Å². The highest BCUT2D eigenvalue weighted by Gasteiger charge is 2.11. The van der Waals surface area contributed by atoms with E-state index in [0.29, 0.717) is 11.4 Å². The topological polar surface area (TPSA) is 50.8 Å². The van der Waals surface area contributed by atoms with Crippen molar-refractivity contribution in [3.05, 3.63) is 59.9 Å². The summed E-state index contributed by atoms with van der Waals surface area (Å²) in [6.07, 6.45) is 6.65. The van der Waals surface area contributed by atoms with Crippen LogP contribution in [0, 0.1) is 11.3 Å². The molecule has 0 aliphatic rings. The van der Waals surface area contributed by atoms with E-state index in [2.05, 4.69) is 18.0 Å². The Balaban J connectivity index is 1.74. The Bertz CT molecular complexity index is 961. The fourth-order valence-electron chi connectivity index (χ4n) is 3.08. The molecule has 1 heterocycles. The molecule has 0 saturated heterocycles. The van der Waals surface area contributed by atoms with Gasteiger partial charge in [0.15, 0.2) is 5.82 Å². The van der Waals surface area contributed by atoms with Crippen LogP contribution in [0.2, 0.25) is 0 Å². The third-order valence-corrected chi connectivity index (χ3v) is 4.61. The third-order valence-electron chi connectivity index (χ3n) is 4.61. The summed E-state index contributed by atoms with van der Waals surface area (Å²) in [5.74, 6) is 1.54. The second-order valence-corrected chi connectivity index (χ2v) is 6.63. The van der Waals surface area contributed by atoms with E-state index in [0.717, 1.165) is 35.4 Å². The first-order valence-corrected chi connectivity index (χ1v) is 9.49. The number of nitrogens with zero attached hydrogens (tertiary/aromatic N) is 3. The number of aromatic nitrogens is 2. The predicted octanol–water partition coefficient (Wildman–Crippen LogP) is 5.60. The largest absolute Gasteiger partial charge is 0.494 e. The zero-order valence-electron chi connectivity index (χ0n) is 16.0. The summed E-state index contributed by atoms with van der Waals surface area (Å²) in [5, 5.41) is 9.64. The fourth-order valence-corrected chi connectivity index (χ4v) is 3.08. The molecule has 0 atom stereocenters. The monoisotopic (exact) mass is 359 g/mol. The van der Waals surface area contributed by atoms with Crippen LogP contribution in [-0.2, 0) is 7.05 Å². The Morgan fingerprint density at radius 1 is 1.11 bits per heavy atom. The molecule has 0 fully saturated rings. The molecule has 2 aromatic carbocycles. The summed E-state index contributed by atoms with van der Waals surface area (Å²) >= 11 is 0. The molecule has 4 heteroatoms. The van der Waals surface area contributed by atoms with Crippen LogP contribution < -0.4 is 4.74 Å². The van der Waals surface area contributed by atoms with Crippen LogP contribution in [0.3, 0.4) is 0 Å². The van der Waals surface area contributed by atoms with Crippen molar-refractivity contribution in [3.63, 3.8) is 0 Å². The van der Waals surface area contributed by atoms with Gasteiger partial charge >= 0.3 is 0 Å². The van der Waals surface area contributed by atoms with E-state index in [4.69, 9.17) is 4.74 Å². The normalized spacial score (nSPS) is 11.5. The number of hydrogen-bond donors (Lipinski definition) is 0. The molecule has 0 bridgehead atoms. The molecule has 0 radical (unpaired) electrons. The van der Waals surface area contributed by atoms with E-state index in [-0.39, 0.29) is 0 Å². The lowest BCUT2D eigenvalue weighted by molar-refractivity contribution is 0.305. The molecule has 0 saturated carbocycles. The van der Waals surface area contributed by atoms with Gasteiger partial charge in [0.05, 0.1) is 23.2 Å². The van der Waals surface area contributed by atoms with Gasteiger partial charge in [-0.25, -0.2) is 4.98 Å². The number of fused-ring (bicyclic) bond motifs is 1. The van der Waals surface area contributed by atoms with Gasteiger partial charge in [0.2, 0.25) is 0 Å². The van der Waals surface area contributed by atoms with Crippen molar-refractivity contribution >= 4 is 22.7 Å². The maximum Gasteiger partial charge on any atom is 0.151 e. The molecular weight excluding hydrogens is 334 g/mol. The Morgan fingerprint density at radius 3 is 2.59 bits per heavy atom. The molecule has 138 valence electrons. The van der Waals surface area contributed by atoms with Crippen LogP contribution in [0.1, 0.15) is 44.0 Å². The summed E-state index contributed by atoms with van der Waals surface area (Å²) in [6.45, 7) is 2.95. The summed E-state index contributed by atoms with van der Waals surface area (Å²) < 4.78 is 7.74. The standard InChI is InChI=1S/C23H25N3O/c1-3-4-5-8-15-27-20-13-11-18(12-14-20)16-19(17-24)23-25-21-9-6-7-10-22(21)26(23)2/h6-7,9-14,16H,3-5,8,15H2,1-2H3/b19-16+. The second-order valence-electron chi connectivity index (χ2n) is 6.63. The number of benzene rings is 2. The minimum atomic E-state index is 0.543. The molecule has 1 aromatic heterocycles. The van der Waals surface area contributed by atoms with Crippen molar-refractivity contribution in [2.45, 2.75) is 32.6 Å². The minimum absolute atomic E-state index is 0.543. The number of hydrogen-bond acceptors (Lipinski definition) is 3. The SMILES string of the molecule is CCCCCCOc1ccc(/C=C(\C#N)c2nc3ccccc3n2C)cc1. The first kappa shape index (κ1) is 18.7. The number of nitriles is 1. The van der Waals surface area contributed by atoms with Gasteiger partial charge in [-0.2, -0.15) is 5.26 Å². The molecule has 0 aliphatic heterocycles. The van der Waals surface area contributed by atoms with Gasteiger partial charge < -0.3 is 9.30 Å². The predicted molar refractivity (Wildman–Crippen MR) is 110 cm³/mol. The van der Waals surface area contributed by atoms with Gasteiger partial charge in [-0.1, -0.05) is 50.5 Å². The average molecular weight is 359 g/mol. The van der Waals surface area contributed by atoms with Crippen molar-refractivity contribution in [3.8, 4) is 11.8 Å². The number of allylic oxidation sites excluding steroid dienone is 1. The van der Waals surface area contributed by atoms with E-state index in [1.165, 1.54) is 19.3 Å². The summed E-state index contributed by atoms with van der Waals surface area (Å²) in [5.41, 5.74) is 3.40. The highest BCUT2D eigenvalue weighted by atomic mass is 16.5. The van der Waals surface area contributed by atoms with E-state index < -0.39 is 0 Å². The molecule has 0 aliphatic carbocycles. The smallest absolute Gasteiger partial charge is 0.151 e. The van der Waals surface area contributed by atoms with Gasteiger partial charge in [0, 0.05) is 7.05 Å². The Labute approximate surface area is 160 Å². The number of unbranched alkanes of at least 4 members (excludes halogenated alkanes) is 3. The van der Waals surface area contributed by atoms with E-state index in [1.807, 2.05) is 66.2 Å². The van der Waals surface area contributed by atoms with Gasteiger partial charge in [-0.15, -0.1) is 0 Å². The maximum atomic E-state index is 9.64. The van der Waals surface area contributed by atoms with Crippen molar-refractivity contribution in [2.75, 3.05) is 6.61 Å². The molecule has 0 amide bonds. The maximum absolute atomic E-state index is 9.64. The second kappa shape index (κ2) is 9.05. The van der Waals surface area contributed by atoms with Crippen LogP contribution in [0.5, 0.6) is 5.75 Å². The number of ether oxygens (including phenoxy) is 1. The molecule has 4 nitrogen and oxygen atoms in total. The van der Waals surface area contributed by atoms with Crippen molar-refractivity contribution < 1.29 is 4.74 Å². The van der Waals surface area contributed by atoms with Crippen LogP contribution in [0.4, 0.5) is 0 Å². The molecule has 3 aromatic rings. The van der Waals surface area contributed by atoms with Gasteiger partial charge in [-0.05, 0) is 42.3 Å². The van der Waals surface area contributed by atoms with Crippen molar-refractivity contribution in [2.24, 2.45) is 7.05 Å². The van der Waals surface area contributed by atoms with Gasteiger partial charge in [0.1, 0.15) is 11.8 Å². The first-order chi connectivity index (χ1) is 13.2. The quantitative estimate of drug-likeness (QED) is 0.389. The number of imidazole rings is 1. The fraction of sp³-hybridized carbons (Fsp3) is 0.304. The first-order valence-electron chi connectivity index (χ1n) is 9.49. The molecule has 0 N–H and O–H groups in total. The number of aryl methyl sites for hydroxylation is 1. The highest BCUT2D eigenvalue weighted by Crippen LogP contribution is 2.23. The summed E-state index contributed by atoms with van der Waals surface area (Å²) in [7, 11) is 1.94. The van der Waals surface area contributed by atoms with Crippen molar-refractivity contribution in [1.29, 1.82) is 5.26 Å². The number of rotatable bonds is 8. The third kappa shape index (κ3) is 4.57. The molecule has 27 heavy (non-hydrogen) atoms. The molecule has 0 unspecified atom stereocenters. The van der Waals surface area contributed by atoms with Crippen LogP contribution in [0.15, 0.2) is 48.5 Å². The van der Waals surface area contributed by atoms with Crippen LogP contribution in [-0.4, -0.2) is 16.2 Å². The minimum Gasteiger partial charge on any atom is -0.494 e. The van der Waals surface area contributed by atoms with E-state index in [1.54, 1.807) is 0 Å². The summed E-state index contributed by atoms with van der Waals surface area (Å²) in [4.78, 5) is 4.61. The number of para-hydroxylation sites is 2. The summed E-state index contributed by atoms with van der Waals surface area (Å²) in [6, 6.07) is 18.0. The van der Waals surface area contributed by atoms with Gasteiger partial charge in [-0.3, -0.25) is 0 Å². The van der Waals surface area contributed by atoms with Crippen LogP contribution >= 0.6 is 0 Å². The van der Waals surface area contributed by atoms with Crippen molar-refractivity contribution in [1.82, 2.24) is 9.55 Å². The van der Waals surface area contributed by atoms with Crippen LogP contribution in [0.25, 0.3) is 22.7 Å². The Kier molecular flexibility index (Phi) is 6.27. The zero-order chi connectivity index (χ0) is 19.1. The van der Waals surface area contributed by atoms with E-state index in [9.17, 15) is 5.26 Å². The Hall–Kier alpha value is -3.06. The average Bonchev–Trinajstić information content (AvgIpc) is 3.04. The molecule has 3 rings (SSSR count). The zero-order valence-corrected chi connectivity index (χ0v) is 16.0.